The van der Waals surface area contributed by atoms with Gasteiger partial charge in [-0.25, -0.2) is 4.98 Å². The van der Waals surface area contributed by atoms with Gasteiger partial charge in [0.25, 0.3) is 5.91 Å². The van der Waals surface area contributed by atoms with E-state index in [1.807, 2.05) is 28.8 Å². The number of amides is 1. The van der Waals surface area contributed by atoms with Crippen LogP contribution in [0.3, 0.4) is 0 Å². The predicted octanol–water partition coefficient (Wildman–Crippen LogP) is 1.61. The molecule has 120 valence electrons. The summed E-state index contributed by atoms with van der Waals surface area (Å²) in [6, 6.07) is 9.41. The van der Waals surface area contributed by atoms with Crippen LogP contribution in [0.25, 0.3) is 10.9 Å². The number of carbonyl (C=O) groups excluding carboxylic acids is 1. The van der Waals surface area contributed by atoms with Gasteiger partial charge in [-0.2, -0.15) is 4.99 Å². The molecule has 0 spiro atoms. The predicted molar refractivity (Wildman–Crippen MR) is 88.9 cm³/mol. The Balaban J connectivity index is 1.86. The van der Waals surface area contributed by atoms with E-state index in [4.69, 9.17) is 4.74 Å². The van der Waals surface area contributed by atoms with Crippen LogP contribution in [-0.2, 0) is 6.54 Å². The van der Waals surface area contributed by atoms with Crippen LogP contribution >= 0.6 is 0 Å². The Kier molecular flexibility index (Phi) is 3.45. The molecule has 1 aromatic carbocycles. The van der Waals surface area contributed by atoms with E-state index in [9.17, 15) is 4.79 Å². The molecule has 1 N–H and O–H groups in total. The van der Waals surface area contributed by atoms with E-state index in [-0.39, 0.29) is 0 Å². The number of hydrogen-bond acceptors (Lipinski definition) is 5. The van der Waals surface area contributed by atoms with Gasteiger partial charge in [-0.05, 0) is 18.2 Å². The number of nitrogens with zero attached hydrogens (tertiary/aromatic N) is 4. The highest BCUT2D eigenvalue weighted by molar-refractivity contribution is 5.95. The number of aromatic nitrogens is 3. The number of ether oxygens (including phenoxy) is 1. The number of nitrogens with one attached hydrogen (secondary N) is 1. The smallest absolute Gasteiger partial charge is 0.281 e. The summed E-state index contributed by atoms with van der Waals surface area (Å²) in [5.41, 5.74) is 1.56. The lowest BCUT2D eigenvalue weighted by Gasteiger charge is -2.07. The molecule has 3 heterocycles. The number of carbonyl (C=O) groups is 1. The van der Waals surface area contributed by atoms with Crippen LogP contribution in [0.4, 0.5) is 5.82 Å². The summed E-state index contributed by atoms with van der Waals surface area (Å²) in [4.78, 5) is 25.2. The quantitative estimate of drug-likeness (QED) is 0.775. The number of hydrogen-bond donors (Lipinski definition) is 1. The Labute approximate surface area is 137 Å². The summed E-state index contributed by atoms with van der Waals surface area (Å²) in [5, 5.41) is 4.35. The summed E-state index contributed by atoms with van der Waals surface area (Å²) in [6.07, 6.45) is 3.01. The Morgan fingerprint density at radius 2 is 2.21 bits per heavy atom. The van der Waals surface area contributed by atoms with Gasteiger partial charge in [-0.1, -0.05) is 12.1 Å². The molecule has 0 bridgehead atoms. The number of fused-ring (bicyclic) bond motifs is 3. The Bertz CT molecular complexity index is 1010. The standard InChI is InChI=1S/C17H15N5O2/c1-24-12-8-11(9-18-10-12)16(23)21-17-20-14-5-3-2-4-13(14)15-19-6-7-22(15)17/h2-5,8-10,19H,6-7H2,1H3. The second kappa shape index (κ2) is 5.77. The van der Waals surface area contributed by atoms with Crippen molar-refractivity contribution in [2.75, 3.05) is 19.0 Å². The number of anilines is 1. The minimum atomic E-state index is -0.397. The molecule has 1 amide bonds. The van der Waals surface area contributed by atoms with Gasteiger partial charge in [0.15, 0.2) is 0 Å². The largest absolute Gasteiger partial charge is 0.495 e. The maximum Gasteiger partial charge on any atom is 0.281 e. The van der Waals surface area contributed by atoms with Gasteiger partial charge in [0.1, 0.15) is 11.6 Å². The number of rotatable bonds is 2. The second-order valence-corrected chi connectivity index (χ2v) is 5.39. The molecule has 0 atom stereocenters. The Morgan fingerprint density at radius 1 is 1.33 bits per heavy atom. The van der Waals surface area contributed by atoms with Crippen molar-refractivity contribution in [2.24, 2.45) is 4.99 Å². The number of pyridine rings is 1. The first-order valence-electron chi connectivity index (χ1n) is 7.58. The van der Waals surface area contributed by atoms with Gasteiger partial charge >= 0.3 is 0 Å². The normalized spacial score (nSPS) is 13.6. The minimum absolute atomic E-state index is 0.365. The van der Waals surface area contributed by atoms with E-state index in [0.717, 1.165) is 29.8 Å². The van der Waals surface area contributed by atoms with E-state index in [2.05, 4.69) is 20.3 Å². The van der Waals surface area contributed by atoms with Crippen LogP contribution in [0.2, 0.25) is 0 Å². The van der Waals surface area contributed by atoms with Crippen molar-refractivity contribution in [1.82, 2.24) is 14.5 Å². The fourth-order valence-electron chi connectivity index (χ4n) is 2.76. The molecule has 7 heteroatoms. The molecule has 7 nitrogen and oxygen atoms in total. The van der Waals surface area contributed by atoms with Crippen molar-refractivity contribution in [3.63, 3.8) is 0 Å². The zero-order valence-corrected chi connectivity index (χ0v) is 13.1. The summed E-state index contributed by atoms with van der Waals surface area (Å²) >= 11 is 0. The molecule has 1 aliphatic heterocycles. The monoisotopic (exact) mass is 321 g/mol. The lowest BCUT2D eigenvalue weighted by molar-refractivity contribution is 0.0996. The van der Waals surface area contributed by atoms with Crippen LogP contribution in [0.5, 0.6) is 5.75 Å². The van der Waals surface area contributed by atoms with Crippen LogP contribution in [0.1, 0.15) is 10.4 Å². The van der Waals surface area contributed by atoms with Crippen molar-refractivity contribution in [3.8, 4) is 5.75 Å². The zero-order chi connectivity index (χ0) is 16.5. The van der Waals surface area contributed by atoms with Crippen molar-refractivity contribution < 1.29 is 9.53 Å². The zero-order valence-electron chi connectivity index (χ0n) is 13.1. The first kappa shape index (κ1) is 14.4. The van der Waals surface area contributed by atoms with Crippen LogP contribution < -0.4 is 15.7 Å². The molecular formula is C17H15N5O2. The van der Waals surface area contributed by atoms with Gasteiger partial charge in [0.05, 0.1) is 24.4 Å². The van der Waals surface area contributed by atoms with Crippen molar-refractivity contribution in [3.05, 3.63) is 53.9 Å². The molecule has 0 fully saturated rings. The topological polar surface area (TPSA) is 81.4 Å². The van der Waals surface area contributed by atoms with Gasteiger partial charge in [0, 0.05) is 24.7 Å². The highest BCUT2D eigenvalue weighted by Crippen LogP contribution is 2.22. The van der Waals surface area contributed by atoms with Crippen molar-refractivity contribution >= 4 is 22.6 Å². The average Bonchev–Trinajstić information content (AvgIpc) is 3.12. The van der Waals surface area contributed by atoms with Crippen LogP contribution in [0.15, 0.2) is 47.7 Å². The maximum atomic E-state index is 12.5. The first-order chi connectivity index (χ1) is 11.8. The average molecular weight is 321 g/mol. The van der Waals surface area contributed by atoms with Gasteiger partial charge in [0.2, 0.25) is 5.62 Å². The van der Waals surface area contributed by atoms with Gasteiger partial charge in [-0.3, -0.25) is 14.3 Å². The molecule has 24 heavy (non-hydrogen) atoms. The third kappa shape index (κ3) is 2.40. The number of methoxy groups -OCH3 is 1. The highest BCUT2D eigenvalue weighted by atomic mass is 16.5. The van der Waals surface area contributed by atoms with E-state index < -0.39 is 5.91 Å². The maximum absolute atomic E-state index is 12.5. The molecule has 0 unspecified atom stereocenters. The van der Waals surface area contributed by atoms with Crippen LogP contribution in [-0.4, -0.2) is 34.1 Å². The molecular weight excluding hydrogens is 306 g/mol. The lowest BCUT2D eigenvalue weighted by Crippen LogP contribution is -2.24. The third-order valence-electron chi connectivity index (χ3n) is 3.92. The Morgan fingerprint density at radius 3 is 3.08 bits per heavy atom. The van der Waals surface area contributed by atoms with Crippen molar-refractivity contribution in [2.45, 2.75) is 6.54 Å². The van der Waals surface area contributed by atoms with Gasteiger partial charge < -0.3 is 10.1 Å². The molecule has 3 aromatic rings. The summed E-state index contributed by atoms with van der Waals surface area (Å²) in [6.45, 7) is 1.50. The second-order valence-electron chi connectivity index (χ2n) is 5.39. The highest BCUT2D eigenvalue weighted by Gasteiger charge is 2.16. The SMILES string of the molecule is COc1cncc(C(=O)N=c2nc3ccccc3c3n2CCN3)c1. The molecule has 0 saturated carbocycles. The van der Waals surface area contributed by atoms with E-state index in [1.165, 1.54) is 13.3 Å². The molecule has 2 aromatic heterocycles. The summed E-state index contributed by atoms with van der Waals surface area (Å²) in [5.74, 6) is 1.06. The van der Waals surface area contributed by atoms with E-state index in [0.29, 0.717) is 16.9 Å². The molecule has 1 aliphatic rings. The van der Waals surface area contributed by atoms with E-state index >= 15 is 0 Å². The summed E-state index contributed by atoms with van der Waals surface area (Å²) < 4.78 is 7.02. The van der Waals surface area contributed by atoms with Crippen molar-refractivity contribution in [1.29, 1.82) is 0 Å². The lowest BCUT2D eigenvalue weighted by atomic mass is 10.2. The van der Waals surface area contributed by atoms with E-state index in [1.54, 1.807) is 12.3 Å². The molecule has 4 rings (SSSR count). The first-order valence-corrected chi connectivity index (χ1v) is 7.58. The summed E-state index contributed by atoms with van der Waals surface area (Å²) in [7, 11) is 1.53. The molecule has 0 aliphatic carbocycles. The number of benzene rings is 1. The Hall–Kier alpha value is -3.22. The third-order valence-corrected chi connectivity index (χ3v) is 3.92. The molecule has 0 radical (unpaired) electrons. The van der Waals surface area contributed by atoms with Crippen LogP contribution in [0, 0.1) is 0 Å². The minimum Gasteiger partial charge on any atom is -0.495 e. The van der Waals surface area contributed by atoms with Gasteiger partial charge in [-0.15, -0.1) is 0 Å². The molecule has 0 saturated heterocycles. The fraction of sp³-hybridized carbons (Fsp3) is 0.176. The number of para-hydroxylation sites is 1. The fourth-order valence-corrected chi connectivity index (χ4v) is 2.76.